The summed E-state index contributed by atoms with van der Waals surface area (Å²) in [5.41, 5.74) is 0.215. The maximum atomic E-state index is 13.0. The van der Waals surface area contributed by atoms with Crippen LogP contribution >= 0.6 is 34.8 Å². The van der Waals surface area contributed by atoms with E-state index in [0.29, 0.717) is 6.54 Å². The van der Waals surface area contributed by atoms with E-state index in [1.54, 1.807) is 0 Å². The van der Waals surface area contributed by atoms with Crippen molar-refractivity contribution < 1.29 is 22.7 Å². The maximum absolute atomic E-state index is 13.0. The van der Waals surface area contributed by atoms with Crippen LogP contribution in [0.1, 0.15) is 50.4 Å². The first-order valence-electron chi connectivity index (χ1n) is 11.4. The zero-order valence-electron chi connectivity index (χ0n) is 20.1. The van der Waals surface area contributed by atoms with Crippen molar-refractivity contribution >= 4 is 62.4 Å². The molecule has 2 aromatic carbocycles. The first-order chi connectivity index (χ1) is 16.7. The minimum absolute atomic E-state index is 0.0574. The molecule has 1 saturated heterocycles. The summed E-state index contributed by atoms with van der Waals surface area (Å²) in [5, 5.41) is 0.315. The van der Waals surface area contributed by atoms with Gasteiger partial charge in [-0.05, 0) is 66.5 Å². The first kappa shape index (κ1) is 27.0. The van der Waals surface area contributed by atoms with Crippen LogP contribution in [0.2, 0.25) is 15.1 Å². The van der Waals surface area contributed by atoms with E-state index >= 15 is 0 Å². The summed E-state index contributed by atoms with van der Waals surface area (Å²) < 4.78 is 33.6. The lowest BCUT2D eigenvalue weighted by Crippen LogP contribution is -2.39. The number of nitrogens with one attached hydrogen (secondary N) is 1. The van der Waals surface area contributed by atoms with Gasteiger partial charge >= 0.3 is 5.97 Å². The number of anilines is 1. The van der Waals surface area contributed by atoms with E-state index in [4.69, 9.17) is 39.5 Å². The van der Waals surface area contributed by atoms with Crippen LogP contribution in [0.25, 0.3) is 0 Å². The summed E-state index contributed by atoms with van der Waals surface area (Å²) in [6.45, 7) is 6.84. The predicted octanol–water partition coefficient (Wildman–Crippen LogP) is 6.03. The second-order valence-electron chi connectivity index (χ2n) is 10.7. The Hall–Kier alpha value is -2.00. The van der Waals surface area contributed by atoms with Crippen molar-refractivity contribution in [2.24, 2.45) is 10.8 Å². The van der Waals surface area contributed by atoms with Gasteiger partial charge in [0, 0.05) is 17.6 Å². The van der Waals surface area contributed by atoms with Gasteiger partial charge in [-0.15, -0.1) is 0 Å². The van der Waals surface area contributed by atoms with Crippen molar-refractivity contribution in [3.63, 3.8) is 0 Å². The minimum atomic E-state index is -4.22. The van der Waals surface area contributed by atoms with Crippen LogP contribution in [-0.2, 0) is 19.6 Å². The normalized spacial score (nSPS) is 22.8. The van der Waals surface area contributed by atoms with Gasteiger partial charge in [-0.2, -0.15) is 0 Å². The number of amides is 1. The Morgan fingerprint density at radius 1 is 1.06 bits per heavy atom. The number of esters is 1. The number of ether oxygens (including phenoxy) is 1. The molecule has 4 rings (SSSR count). The number of hydrogen-bond acceptors (Lipinski definition) is 5. The number of nitrogens with zero attached hydrogens (tertiary/aromatic N) is 1. The molecule has 1 heterocycles. The minimum Gasteiger partial charge on any atom is -0.452 e. The van der Waals surface area contributed by atoms with Gasteiger partial charge in [0.05, 0.1) is 21.3 Å². The highest BCUT2D eigenvalue weighted by atomic mass is 35.5. The molecule has 2 aromatic rings. The predicted molar refractivity (Wildman–Crippen MR) is 140 cm³/mol. The van der Waals surface area contributed by atoms with E-state index in [1.165, 1.54) is 30.3 Å². The van der Waals surface area contributed by atoms with Gasteiger partial charge in [0.1, 0.15) is 4.90 Å². The van der Waals surface area contributed by atoms with E-state index in [0.717, 1.165) is 25.3 Å². The Morgan fingerprint density at radius 2 is 1.75 bits per heavy atom. The molecule has 7 nitrogen and oxygen atoms in total. The lowest BCUT2D eigenvalue weighted by Gasteiger charge is -2.39. The van der Waals surface area contributed by atoms with Crippen LogP contribution in [0.3, 0.4) is 0 Å². The number of hydrogen-bond donors (Lipinski definition) is 1. The molecule has 2 atom stereocenters. The van der Waals surface area contributed by atoms with Crippen LogP contribution in [0.4, 0.5) is 5.69 Å². The van der Waals surface area contributed by atoms with Crippen LogP contribution in [0.5, 0.6) is 0 Å². The number of rotatable bonds is 6. The van der Waals surface area contributed by atoms with E-state index in [-0.39, 0.29) is 54.0 Å². The Labute approximate surface area is 226 Å². The maximum Gasteiger partial charge on any atom is 0.338 e. The van der Waals surface area contributed by atoms with Crippen molar-refractivity contribution in [1.29, 1.82) is 0 Å². The van der Waals surface area contributed by atoms with Crippen molar-refractivity contribution in [3.8, 4) is 0 Å². The van der Waals surface area contributed by atoms with Crippen LogP contribution in [-0.4, -0.2) is 44.4 Å². The van der Waals surface area contributed by atoms with E-state index in [1.807, 2.05) is 4.90 Å². The quantitative estimate of drug-likeness (QED) is 0.426. The van der Waals surface area contributed by atoms with Gasteiger partial charge in [0.2, 0.25) is 0 Å². The molecule has 2 unspecified atom stereocenters. The van der Waals surface area contributed by atoms with Crippen molar-refractivity contribution in [1.82, 2.24) is 4.90 Å². The molecular formula is C25H27Cl3N2O5S. The molecule has 1 amide bonds. The zero-order chi connectivity index (χ0) is 26.5. The highest BCUT2D eigenvalue weighted by Crippen LogP contribution is 2.52. The van der Waals surface area contributed by atoms with E-state index in [9.17, 15) is 18.0 Å². The molecule has 2 aliphatic rings. The zero-order valence-corrected chi connectivity index (χ0v) is 23.2. The summed E-state index contributed by atoms with van der Waals surface area (Å²) in [7, 11) is -4.22. The summed E-state index contributed by atoms with van der Waals surface area (Å²) in [4.78, 5) is 27.1. The Kier molecular flexibility index (Phi) is 7.29. The fourth-order valence-corrected chi connectivity index (χ4v) is 7.65. The molecule has 2 fully saturated rings. The fraction of sp³-hybridized carbons (Fsp3) is 0.440. The van der Waals surface area contributed by atoms with E-state index in [2.05, 4.69) is 25.5 Å². The molecule has 2 bridgehead atoms. The third-order valence-corrected chi connectivity index (χ3v) is 9.10. The molecule has 1 N–H and O–H groups in total. The van der Waals surface area contributed by atoms with Gasteiger partial charge in [0.15, 0.2) is 6.61 Å². The highest BCUT2D eigenvalue weighted by Gasteiger charge is 2.50. The Balaban J connectivity index is 1.46. The van der Waals surface area contributed by atoms with Crippen molar-refractivity contribution in [3.05, 3.63) is 57.0 Å². The lowest BCUT2D eigenvalue weighted by molar-refractivity contribution is -0.135. The lowest BCUT2D eigenvalue weighted by atomic mass is 9.65. The molecule has 1 aliphatic heterocycles. The third kappa shape index (κ3) is 5.77. The number of likely N-dealkylation sites (tertiary alicyclic amines) is 1. The molecule has 1 saturated carbocycles. The van der Waals surface area contributed by atoms with Crippen molar-refractivity contribution in [2.45, 2.75) is 51.0 Å². The molecule has 0 radical (unpaired) electrons. The number of carbonyl (C=O) groups excluding carboxylic acids is 2. The summed E-state index contributed by atoms with van der Waals surface area (Å²) in [5.74, 6) is -1.08. The number of sulfonamides is 1. The Bertz CT molecular complexity index is 1330. The van der Waals surface area contributed by atoms with Gasteiger partial charge < -0.3 is 9.64 Å². The van der Waals surface area contributed by atoms with E-state index < -0.39 is 22.6 Å². The topological polar surface area (TPSA) is 92.8 Å². The van der Waals surface area contributed by atoms with Gasteiger partial charge in [-0.1, -0.05) is 55.6 Å². The number of carbonyl (C=O) groups is 2. The summed E-state index contributed by atoms with van der Waals surface area (Å²) in [6, 6.07) is 8.16. The monoisotopic (exact) mass is 572 g/mol. The molecule has 1 aliphatic carbocycles. The number of halogens is 3. The Morgan fingerprint density at radius 3 is 2.47 bits per heavy atom. The molecule has 36 heavy (non-hydrogen) atoms. The summed E-state index contributed by atoms with van der Waals surface area (Å²) in [6.07, 6.45) is 2.89. The number of benzene rings is 2. The molecule has 0 spiro atoms. The van der Waals surface area contributed by atoms with Crippen LogP contribution in [0, 0.1) is 10.8 Å². The van der Waals surface area contributed by atoms with Gasteiger partial charge in [-0.25, -0.2) is 13.2 Å². The average molecular weight is 574 g/mol. The number of fused-ring (bicyclic) bond motifs is 2. The molecular weight excluding hydrogens is 547 g/mol. The molecule has 11 heteroatoms. The van der Waals surface area contributed by atoms with Crippen molar-refractivity contribution in [2.75, 3.05) is 17.9 Å². The SMILES string of the molecule is CC1(C)CC2CC(C)(CN2C(=O)COC(=O)c2ccc(Cl)c(S(=O)(=O)Nc3cc(Cl)ccc3Cl)c2)C1. The average Bonchev–Trinajstić information content (AvgIpc) is 3.03. The largest absolute Gasteiger partial charge is 0.452 e. The first-order valence-corrected chi connectivity index (χ1v) is 14.0. The highest BCUT2D eigenvalue weighted by molar-refractivity contribution is 7.92. The van der Waals surface area contributed by atoms with Gasteiger partial charge in [-0.3, -0.25) is 9.52 Å². The molecule has 0 aromatic heterocycles. The van der Waals surface area contributed by atoms with Crippen LogP contribution < -0.4 is 4.72 Å². The third-order valence-electron chi connectivity index (χ3n) is 6.69. The summed E-state index contributed by atoms with van der Waals surface area (Å²) >= 11 is 18.1. The van der Waals surface area contributed by atoms with Gasteiger partial charge in [0.25, 0.3) is 15.9 Å². The standard InChI is InChI=1S/C25H27Cl3N2O5S/c1-24(2)10-17-11-25(3,13-24)14-30(17)22(31)12-35-23(32)15-4-6-19(28)21(8-15)36(33,34)29-20-9-16(26)5-7-18(20)27/h4-9,17,29H,10-14H2,1-3H3. The van der Waals surface area contributed by atoms with Crippen LogP contribution in [0.15, 0.2) is 41.3 Å². The smallest absolute Gasteiger partial charge is 0.338 e. The molecule has 194 valence electrons. The second kappa shape index (κ2) is 9.71. The fourth-order valence-electron chi connectivity index (χ4n) is 5.66. The second-order valence-corrected chi connectivity index (χ2v) is 13.6.